The van der Waals surface area contributed by atoms with Crippen molar-refractivity contribution in [3.8, 4) is 5.75 Å². The van der Waals surface area contributed by atoms with E-state index >= 15 is 0 Å². The average molecular weight is 389 g/mol. The van der Waals surface area contributed by atoms with Crippen LogP contribution < -0.4 is 20.7 Å². The first-order chi connectivity index (χ1) is 14.2. The Bertz CT molecular complexity index is 957. The van der Waals surface area contributed by atoms with Crippen molar-refractivity contribution < 1.29 is 14.3 Å². The summed E-state index contributed by atoms with van der Waals surface area (Å²) in [6.45, 7) is 0.499. The Labute approximate surface area is 169 Å². The topological polar surface area (TPSA) is 79.5 Å². The highest BCUT2D eigenvalue weighted by atomic mass is 16.5. The maximum absolute atomic E-state index is 12.3. The number of rotatable bonds is 7. The zero-order chi connectivity index (χ0) is 20.5. The van der Waals surface area contributed by atoms with Gasteiger partial charge in [-0.05, 0) is 54.4 Å². The molecule has 3 aromatic rings. The number of urea groups is 1. The van der Waals surface area contributed by atoms with E-state index in [4.69, 9.17) is 4.74 Å². The van der Waals surface area contributed by atoms with E-state index in [1.165, 1.54) is 0 Å². The van der Waals surface area contributed by atoms with E-state index in [1.807, 2.05) is 42.5 Å². The average Bonchev–Trinajstić information content (AvgIpc) is 2.75. The van der Waals surface area contributed by atoms with E-state index in [9.17, 15) is 9.59 Å². The number of anilines is 2. The standard InChI is InChI=1S/C23H23N3O3/c1-29-21-10-6-5-7-17(21)15-16-24-22(27)18-11-13-20(14-12-18)26-23(28)25-19-8-3-2-4-9-19/h2-14H,15-16H2,1H3,(H,24,27)(H2,25,26,28). The van der Waals surface area contributed by atoms with Gasteiger partial charge >= 0.3 is 6.03 Å². The van der Waals surface area contributed by atoms with Crippen LogP contribution in [0.4, 0.5) is 16.2 Å². The van der Waals surface area contributed by atoms with Gasteiger partial charge < -0.3 is 20.7 Å². The Morgan fingerprint density at radius 2 is 1.41 bits per heavy atom. The normalized spacial score (nSPS) is 10.1. The fraction of sp³-hybridized carbons (Fsp3) is 0.130. The number of amides is 3. The molecule has 0 spiro atoms. The van der Waals surface area contributed by atoms with Gasteiger partial charge in [0.2, 0.25) is 0 Å². The molecule has 0 aliphatic rings. The molecule has 0 aliphatic carbocycles. The number of ether oxygens (including phenoxy) is 1. The van der Waals surface area contributed by atoms with Gasteiger partial charge in [-0.25, -0.2) is 4.79 Å². The van der Waals surface area contributed by atoms with Crippen molar-refractivity contribution >= 4 is 23.3 Å². The van der Waals surface area contributed by atoms with Crippen LogP contribution >= 0.6 is 0 Å². The molecule has 0 saturated heterocycles. The SMILES string of the molecule is COc1ccccc1CCNC(=O)c1ccc(NC(=O)Nc2ccccc2)cc1. The second-order valence-corrected chi connectivity index (χ2v) is 6.34. The molecule has 6 heteroatoms. The molecule has 0 bridgehead atoms. The lowest BCUT2D eigenvalue weighted by Crippen LogP contribution is -2.25. The zero-order valence-electron chi connectivity index (χ0n) is 16.1. The number of hydrogen-bond acceptors (Lipinski definition) is 3. The van der Waals surface area contributed by atoms with Gasteiger partial charge in [-0.2, -0.15) is 0 Å². The minimum absolute atomic E-state index is 0.166. The molecule has 0 aliphatic heterocycles. The second kappa shape index (κ2) is 9.94. The molecule has 0 fully saturated rings. The maximum atomic E-state index is 12.3. The minimum Gasteiger partial charge on any atom is -0.496 e. The summed E-state index contributed by atoms with van der Waals surface area (Å²) in [7, 11) is 1.63. The van der Waals surface area contributed by atoms with Crippen LogP contribution in [-0.4, -0.2) is 25.6 Å². The monoisotopic (exact) mass is 389 g/mol. The molecule has 3 N–H and O–H groups in total. The highest BCUT2D eigenvalue weighted by molar-refractivity contribution is 6.00. The first kappa shape index (κ1) is 19.9. The number of carbonyl (C=O) groups excluding carboxylic acids is 2. The van der Waals surface area contributed by atoms with Crippen molar-refractivity contribution in [3.05, 3.63) is 90.0 Å². The Hall–Kier alpha value is -3.80. The molecule has 3 amide bonds. The fourth-order valence-corrected chi connectivity index (χ4v) is 2.84. The summed E-state index contributed by atoms with van der Waals surface area (Å²) < 4.78 is 5.32. The summed E-state index contributed by atoms with van der Waals surface area (Å²) in [5.41, 5.74) is 2.87. The molecular weight excluding hydrogens is 366 g/mol. The molecule has 0 heterocycles. The number of nitrogens with one attached hydrogen (secondary N) is 3. The summed E-state index contributed by atoms with van der Waals surface area (Å²) in [6.07, 6.45) is 0.676. The van der Waals surface area contributed by atoms with Gasteiger partial charge in [-0.15, -0.1) is 0 Å². The number of carbonyl (C=O) groups is 2. The van der Waals surface area contributed by atoms with Crippen LogP contribution in [0, 0.1) is 0 Å². The number of benzene rings is 3. The largest absolute Gasteiger partial charge is 0.496 e. The van der Waals surface area contributed by atoms with Crippen molar-refractivity contribution in [2.75, 3.05) is 24.3 Å². The van der Waals surface area contributed by atoms with Crippen molar-refractivity contribution in [1.82, 2.24) is 5.32 Å². The minimum atomic E-state index is -0.342. The van der Waals surface area contributed by atoms with Crippen molar-refractivity contribution in [3.63, 3.8) is 0 Å². The summed E-state index contributed by atoms with van der Waals surface area (Å²) in [4.78, 5) is 24.3. The van der Waals surface area contributed by atoms with Gasteiger partial charge in [0.1, 0.15) is 5.75 Å². The highest BCUT2D eigenvalue weighted by Crippen LogP contribution is 2.17. The van der Waals surface area contributed by atoms with Crippen LogP contribution in [0.5, 0.6) is 5.75 Å². The van der Waals surface area contributed by atoms with Gasteiger partial charge in [0, 0.05) is 23.5 Å². The van der Waals surface area contributed by atoms with E-state index in [0.29, 0.717) is 29.9 Å². The van der Waals surface area contributed by atoms with Gasteiger partial charge in [-0.1, -0.05) is 36.4 Å². The number of para-hydroxylation sites is 2. The van der Waals surface area contributed by atoms with Gasteiger partial charge in [0.25, 0.3) is 5.91 Å². The number of hydrogen-bond donors (Lipinski definition) is 3. The van der Waals surface area contributed by atoms with Crippen molar-refractivity contribution in [2.45, 2.75) is 6.42 Å². The lowest BCUT2D eigenvalue weighted by molar-refractivity contribution is 0.0954. The number of methoxy groups -OCH3 is 1. The Morgan fingerprint density at radius 1 is 0.793 bits per heavy atom. The third-order valence-electron chi connectivity index (χ3n) is 4.31. The van der Waals surface area contributed by atoms with Crippen LogP contribution in [0.25, 0.3) is 0 Å². The smallest absolute Gasteiger partial charge is 0.323 e. The molecule has 0 unspecified atom stereocenters. The predicted molar refractivity (Wildman–Crippen MR) is 115 cm³/mol. The highest BCUT2D eigenvalue weighted by Gasteiger charge is 2.08. The van der Waals surface area contributed by atoms with Gasteiger partial charge in [0.15, 0.2) is 0 Å². The van der Waals surface area contributed by atoms with E-state index in [0.717, 1.165) is 11.3 Å². The van der Waals surface area contributed by atoms with E-state index in [2.05, 4.69) is 16.0 Å². The lowest BCUT2D eigenvalue weighted by atomic mass is 10.1. The molecule has 0 radical (unpaired) electrons. The first-order valence-electron chi connectivity index (χ1n) is 9.29. The molecular formula is C23H23N3O3. The van der Waals surface area contributed by atoms with Crippen molar-refractivity contribution in [2.24, 2.45) is 0 Å². The van der Waals surface area contributed by atoms with Crippen LogP contribution in [-0.2, 0) is 6.42 Å². The predicted octanol–water partition coefficient (Wildman–Crippen LogP) is 4.31. The Balaban J connectivity index is 1.49. The van der Waals surface area contributed by atoms with Gasteiger partial charge in [0.05, 0.1) is 7.11 Å². The summed E-state index contributed by atoms with van der Waals surface area (Å²) in [6, 6.07) is 23.3. The van der Waals surface area contributed by atoms with E-state index in [-0.39, 0.29) is 11.9 Å². The molecule has 0 aromatic heterocycles. The lowest BCUT2D eigenvalue weighted by Gasteiger charge is -2.10. The molecule has 0 saturated carbocycles. The molecule has 3 aromatic carbocycles. The van der Waals surface area contributed by atoms with Gasteiger partial charge in [-0.3, -0.25) is 4.79 Å². The van der Waals surface area contributed by atoms with E-state index in [1.54, 1.807) is 43.5 Å². The van der Waals surface area contributed by atoms with Crippen molar-refractivity contribution in [1.29, 1.82) is 0 Å². The van der Waals surface area contributed by atoms with E-state index < -0.39 is 0 Å². The van der Waals surface area contributed by atoms with Crippen LogP contribution in [0.1, 0.15) is 15.9 Å². The summed E-state index contributed by atoms with van der Waals surface area (Å²) in [5.74, 6) is 0.645. The molecule has 148 valence electrons. The quantitative estimate of drug-likeness (QED) is 0.563. The van der Waals surface area contributed by atoms with Crippen LogP contribution in [0.15, 0.2) is 78.9 Å². The Morgan fingerprint density at radius 3 is 2.10 bits per heavy atom. The summed E-state index contributed by atoms with van der Waals surface area (Å²) in [5, 5.41) is 8.38. The second-order valence-electron chi connectivity index (χ2n) is 6.34. The summed E-state index contributed by atoms with van der Waals surface area (Å²) >= 11 is 0. The molecule has 6 nitrogen and oxygen atoms in total. The third-order valence-corrected chi connectivity index (χ3v) is 4.31. The fourth-order valence-electron chi connectivity index (χ4n) is 2.84. The Kier molecular flexibility index (Phi) is 6.84. The third kappa shape index (κ3) is 5.84. The van der Waals surface area contributed by atoms with Crippen LogP contribution in [0.3, 0.4) is 0 Å². The first-order valence-corrected chi connectivity index (χ1v) is 9.29. The van der Waals surface area contributed by atoms with Crippen LogP contribution in [0.2, 0.25) is 0 Å². The maximum Gasteiger partial charge on any atom is 0.323 e. The molecule has 0 atom stereocenters. The molecule has 3 rings (SSSR count). The zero-order valence-corrected chi connectivity index (χ0v) is 16.1. The molecule has 29 heavy (non-hydrogen) atoms.